The lowest BCUT2D eigenvalue weighted by Gasteiger charge is -2.05. The van der Waals surface area contributed by atoms with E-state index in [1.165, 1.54) is 11.3 Å². The molecule has 18 heavy (non-hydrogen) atoms. The molecule has 0 radical (unpaired) electrons. The van der Waals surface area contributed by atoms with Gasteiger partial charge in [-0.15, -0.1) is 11.3 Å². The van der Waals surface area contributed by atoms with E-state index in [1.807, 2.05) is 38.1 Å². The van der Waals surface area contributed by atoms with Gasteiger partial charge in [0.1, 0.15) is 9.88 Å². The van der Waals surface area contributed by atoms with Gasteiger partial charge in [0.2, 0.25) is 0 Å². The number of carbonyl (C=O) groups is 1. The van der Waals surface area contributed by atoms with Gasteiger partial charge < -0.3 is 5.32 Å². The Balaban J connectivity index is 2.26. The lowest BCUT2D eigenvalue weighted by Crippen LogP contribution is -2.29. The fourth-order valence-corrected chi connectivity index (χ4v) is 2.61. The van der Waals surface area contributed by atoms with Gasteiger partial charge in [0.25, 0.3) is 5.91 Å². The quantitative estimate of drug-likeness (QED) is 0.933. The number of carbonyl (C=O) groups excluding carboxylic acids is 1. The van der Waals surface area contributed by atoms with Crippen LogP contribution in [0, 0.1) is 0 Å². The van der Waals surface area contributed by atoms with Crippen LogP contribution in [-0.2, 0) is 0 Å². The van der Waals surface area contributed by atoms with Crippen molar-refractivity contribution in [3.63, 3.8) is 0 Å². The summed E-state index contributed by atoms with van der Waals surface area (Å²) in [7, 11) is 0. The van der Waals surface area contributed by atoms with Crippen molar-refractivity contribution in [2.75, 3.05) is 0 Å². The van der Waals surface area contributed by atoms with E-state index in [0.29, 0.717) is 9.90 Å². The maximum Gasteiger partial charge on any atom is 0.263 e. The van der Waals surface area contributed by atoms with Crippen molar-refractivity contribution >= 4 is 28.8 Å². The van der Waals surface area contributed by atoms with E-state index in [1.54, 1.807) is 6.20 Å². The van der Waals surface area contributed by atoms with Gasteiger partial charge in [-0.2, -0.15) is 0 Å². The highest BCUT2D eigenvalue weighted by molar-refractivity contribution is 7.17. The lowest BCUT2D eigenvalue weighted by molar-refractivity contribution is 0.0947. The highest BCUT2D eigenvalue weighted by Gasteiger charge is 2.13. The average molecular weight is 281 g/mol. The topological polar surface area (TPSA) is 42.0 Å². The molecule has 0 saturated carbocycles. The molecule has 0 bridgehead atoms. The molecule has 0 saturated heterocycles. The molecule has 0 aliphatic heterocycles. The normalized spacial score (nSPS) is 10.7. The predicted octanol–water partition coefficient (Wildman–Crippen LogP) is 3.60. The number of benzene rings is 1. The molecule has 1 N–H and O–H groups in total. The molecule has 0 aliphatic carbocycles. The predicted molar refractivity (Wildman–Crippen MR) is 75.2 cm³/mol. The number of hydrogen-bond acceptors (Lipinski definition) is 3. The fourth-order valence-electron chi connectivity index (χ4n) is 1.47. The highest BCUT2D eigenvalue weighted by atomic mass is 35.5. The Morgan fingerprint density at radius 2 is 2.11 bits per heavy atom. The Kier molecular flexibility index (Phi) is 3.99. The number of amides is 1. The second-order valence-corrected chi connectivity index (χ2v) is 5.58. The van der Waals surface area contributed by atoms with Crippen molar-refractivity contribution < 1.29 is 4.79 Å². The summed E-state index contributed by atoms with van der Waals surface area (Å²) in [5.74, 6) is -0.0965. The first-order chi connectivity index (χ1) is 8.58. The minimum Gasteiger partial charge on any atom is -0.349 e. The molecule has 3 nitrogen and oxygen atoms in total. The molecule has 1 aromatic carbocycles. The number of aromatic nitrogens is 1. The molecule has 1 heterocycles. The van der Waals surface area contributed by atoms with Gasteiger partial charge in [0, 0.05) is 11.6 Å². The van der Waals surface area contributed by atoms with Crippen LogP contribution in [0.4, 0.5) is 0 Å². The number of thiazole rings is 1. The van der Waals surface area contributed by atoms with E-state index >= 15 is 0 Å². The molecule has 0 spiro atoms. The third kappa shape index (κ3) is 2.89. The van der Waals surface area contributed by atoms with Crippen LogP contribution in [0.25, 0.3) is 10.6 Å². The summed E-state index contributed by atoms with van der Waals surface area (Å²) < 4.78 is 0. The second-order valence-electron chi connectivity index (χ2n) is 4.14. The standard InChI is InChI=1S/C13H13ClN2OS/c1-8(2)16-12(17)11-7-15-13(18-11)9-5-3-4-6-10(9)14/h3-8H,1-2H3,(H,16,17). The number of nitrogens with zero attached hydrogens (tertiary/aromatic N) is 1. The summed E-state index contributed by atoms with van der Waals surface area (Å²) in [5.41, 5.74) is 0.854. The van der Waals surface area contributed by atoms with Crippen LogP contribution in [-0.4, -0.2) is 16.9 Å². The largest absolute Gasteiger partial charge is 0.349 e. The first-order valence-electron chi connectivity index (χ1n) is 5.59. The summed E-state index contributed by atoms with van der Waals surface area (Å²) in [6.45, 7) is 3.85. The van der Waals surface area contributed by atoms with Gasteiger partial charge >= 0.3 is 0 Å². The average Bonchev–Trinajstić information content (AvgIpc) is 2.78. The zero-order valence-electron chi connectivity index (χ0n) is 10.1. The van der Waals surface area contributed by atoms with Gasteiger partial charge in [-0.3, -0.25) is 4.79 Å². The van der Waals surface area contributed by atoms with Crippen molar-refractivity contribution in [2.45, 2.75) is 19.9 Å². The minimum atomic E-state index is -0.0965. The number of hydrogen-bond donors (Lipinski definition) is 1. The maximum absolute atomic E-state index is 11.8. The van der Waals surface area contributed by atoms with Crippen LogP contribution in [0.5, 0.6) is 0 Å². The Bertz CT molecular complexity index is 566. The Morgan fingerprint density at radius 1 is 1.39 bits per heavy atom. The first kappa shape index (κ1) is 13.1. The van der Waals surface area contributed by atoms with Crippen molar-refractivity contribution in [1.82, 2.24) is 10.3 Å². The molecule has 2 aromatic rings. The van der Waals surface area contributed by atoms with Crippen LogP contribution in [0.15, 0.2) is 30.5 Å². The Hall–Kier alpha value is -1.39. The third-order valence-electron chi connectivity index (χ3n) is 2.25. The molecule has 0 atom stereocenters. The molecular weight excluding hydrogens is 268 g/mol. The molecule has 1 amide bonds. The molecular formula is C13H13ClN2OS. The molecule has 2 rings (SSSR count). The zero-order valence-corrected chi connectivity index (χ0v) is 11.7. The maximum atomic E-state index is 11.8. The van der Waals surface area contributed by atoms with Crippen LogP contribution in [0.2, 0.25) is 5.02 Å². The molecule has 0 unspecified atom stereocenters. The van der Waals surface area contributed by atoms with Crippen molar-refractivity contribution in [2.24, 2.45) is 0 Å². The summed E-state index contributed by atoms with van der Waals surface area (Å²) in [6, 6.07) is 7.59. The van der Waals surface area contributed by atoms with E-state index in [0.717, 1.165) is 10.6 Å². The van der Waals surface area contributed by atoms with Gasteiger partial charge in [0.15, 0.2) is 0 Å². The number of rotatable bonds is 3. The van der Waals surface area contributed by atoms with Crippen LogP contribution in [0.3, 0.4) is 0 Å². The molecule has 1 aromatic heterocycles. The van der Waals surface area contributed by atoms with Gasteiger partial charge in [-0.25, -0.2) is 4.98 Å². The fraction of sp³-hybridized carbons (Fsp3) is 0.231. The number of nitrogens with one attached hydrogen (secondary N) is 1. The van der Waals surface area contributed by atoms with Crippen molar-refractivity contribution in [3.05, 3.63) is 40.4 Å². The monoisotopic (exact) mass is 280 g/mol. The molecule has 5 heteroatoms. The molecule has 0 fully saturated rings. The van der Waals surface area contributed by atoms with Crippen molar-refractivity contribution in [1.29, 1.82) is 0 Å². The Labute approximate surface area is 115 Å². The van der Waals surface area contributed by atoms with Gasteiger partial charge in [-0.05, 0) is 19.9 Å². The zero-order chi connectivity index (χ0) is 13.1. The van der Waals surface area contributed by atoms with Crippen LogP contribution in [0.1, 0.15) is 23.5 Å². The van der Waals surface area contributed by atoms with E-state index in [2.05, 4.69) is 10.3 Å². The highest BCUT2D eigenvalue weighted by Crippen LogP contribution is 2.30. The van der Waals surface area contributed by atoms with Crippen molar-refractivity contribution in [3.8, 4) is 10.6 Å². The lowest BCUT2D eigenvalue weighted by atomic mass is 10.2. The summed E-state index contributed by atoms with van der Waals surface area (Å²) in [5, 5.41) is 4.24. The summed E-state index contributed by atoms with van der Waals surface area (Å²) >= 11 is 7.44. The minimum absolute atomic E-state index is 0.0965. The van der Waals surface area contributed by atoms with Crippen LogP contribution >= 0.6 is 22.9 Å². The van der Waals surface area contributed by atoms with Gasteiger partial charge in [0.05, 0.1) is 11.2 Å². The third-order valence-corrected chi connectivity index (χ3v) is 3.61. The van der Waals surface area contributed by atoms with E-state index in [9.17, 15) is 4.79 Å². The van der Waals surface area contributed by atoms with Gasteiger partial charge in [-0.1, -0.05) is 29.8 Å². The smallest absolute Gasteiger partial charge is 0.263 e. The molecule has 94 valence electrons. The Morgan fingerprint density at radius 3 is 2.78 bits per heavy atom. The molecule has 0 aliphatic rings. The number of halogens is 1. The van der Waals surface area contributed by atoms with E-state index in [-0.39, 0.29) is 11.9 Å². The summed E-state index contributed by atoms with van der Waals surface area (Å²) in [4.78, 5) is 16.7. The second kappa shape index (κ2) is 5.50. The summed E-state index contributed by atoms with van der Waals surface area (Å²) in [6.07, 6.45) is 1.58. The van der Waals surface area contributed by atoms with Crippen LogP contribution < -0.4 is 5.32 Å². The van der Waals surface area contributed by atoms with E-state index in [4.69, 9.17) is 11.6 Å². The van der Waals surface area contributed by atoms with E-state index < -0.39 is 0 Å². The first-order valence-corrected chi connectivity index (χ1v) is 6.79. The SMILES string of the molecule is CC(C)NC(=O)c1cnc(-c2ccccc2Cl)s1.